The summed E-state index contributed by atoms with van der Waals surface area (Å²) in [5.74, 6) is -0.203. The van der Waals surface area contributed by atoms with Crippen molar-refractivity contribution in [3.05, 3.63) is 69.6 Å². The first-order valence-corrected chi connectivity index (χ1v) is 8.45. The molecule has 0 fully saturated rings. The summed E-state index contributed by atoms with van der Waals surface area (Å²) in [6.45, 7) is 0. The van der Waals surface area contributed by atoms with Crippen LogP contribution in [0.25, 0.3) is 0 Å². The molecule has 9 heteroatoms. The molecule has 0 unspecified atom stereocenters. The summed E-state index contributed by atoms with van der Waals surface area (Å²) < 4.78 is 44.5. The molecule has 0 atom stereocenters. The van der Waals surface area contributed by atoms with Gasteiger partial charge in [0.25, 0.3) is 5.91 Å². The second-order valence-electron chi connectivity index (χ2n) is 5.04. The predicted molar refractivity (Wildman–Crippen MR) is 93.0 cm³/mol. The van der Waals surface area contributed by atoms with Gasteiger partial charge in [0, 0.05) is 5.02 Å². The molecule has 26 heavy (non-hydrogen) atoms. The molecule has 2 aromatic carbocycles. The van der Waals surface area contributed by atoms with Crippen LogP contribution in [-0.4, -0.2) is 10.9 Å². The molecule has 1 aromatic heterocycles. The maximum absolute atomic E-state index is 12.9. The summed E-state index contributed by atoms with van der Waals surface area (Å²) in [6, 6.07) is 13.2. The Hall–Kier alpha value is -2.58. The van der Waals surface area contributed by atoms with Gasteiger partial charge in [0.2, 0.25) is 0 Å². The zero-order chi connectivity index (χ0) is 18.7. The Morgan fingerprint density at radius 1 is 1.15 bits per heavy atom. The third-order valence-corrected chi connectivity index (χ3v) is 4.26. The van der Waals surface area contributed by atoms with Crippen LogP contribution in [0.1, 0.15) is 15.4 Å². The van der Waals surface area contributed by atoms with Crippen molar-refractivity contribution in [2.24, 2.45) is 0 Å². The Labute approximate surface area is 155 Å². The van der Waals surface area contributed by atoms with Gasteiger partial charge in [-0.15, -0.1) is 11.3 Å². The first-order valence-electron chi connectivity index (χ1n) is 7.19. The zero-order valence-corrected chi connectivity index (χ0v) is 14.5. The van der Waals surface area contributed by atoms with Crippen molar-refractivity contribution in [1.82, 2.24) is 4.98 Å². The lowest BCUT2D eigenvalue weighted by molar-refractivity contribution is -0.141. The van der Waals surface area contributed by atoms with E-state index in [-0.39, 0.29) is 11.4 Å². The Morgan fingerprint density at radius 2 is 1.88 bits per heavy atom. The van der Waals surface area contributed by atoms with E-state index in [1.807, 2.05) is 0 Å². The third-order valence-electron chi connectivity index (χ3n) is 3.20. The average molecular weight is 399 g/mol. The summed E-state index contributed by atoms with van der Waals surface area (Å²) in [5, 5.41) is 2.70. The number of nitrogens with zero attached hydrogens (tertiary/aromatic N) is 1. The third kappa shape index (κ3) is 4.14. The Kier molecular flexibility index (Phi) is 5.15. The lowest BCUT2D eigenvalue weighted by Crippen LogP contribution is -2.17. The molecule has 0 saturated heterocycles. The maximum atomic E-state index is 12.9. The molecule has 0 saturated carbocycles. The van der Waals surface area contributed by atoms with E-state index in [1.165, 1.54) is 12.1 Å². The number of amides is 1. The Morgan fingerprint density at radius 3 is 2.58 bits per heavy atom. The van der Waals surface area contributed by atoms with Crippen LogP contribution in [0.5, 0.6) is 11.5 Å². The molecule has 0 spiro atoms. The topological polar surface area (TPSA) is 51.2 Å². The summed E-state index contributed by atoms with van der Waals surface area (Å²) in [4.78, 5) is 15.0. The first kappa shape index (κ1) is 18.2. The number of para-hydroxylation sites is 1. The summed E-state index contributed by atoms with van der Waals surface area (Å²) >= 11 is 6.54. The number of hydrogen-bond acceptors (Lipinski definition) is 4. The van der Waals surface area contributed by atoms with Crippen LogP contribution in [0.2, 0.25) is 5.02 Å². The number of alkyl halides is 3. The fourth-order valence-corrected chi connectivity index (χ4v) is 2.97. The maximum Gasteiger partial charge on any atom is 0.434 e. The van der Waals surface area contributed by atoms with Crippen LogP contribution in [0.4, 0.5) is 18.9 Å². The Bertz CT molecular complexity index is 929. The SMILES string of the molecule is O=C(Nc1cc(Cl)ccc1Oc1ccccc1)c1scnc1C(F)(F)F. The number of hydrogen-bond donors (Lipinski definition) is 1. The van der Waals surface area contributed by atoms with Crippen LogP contribution in [0, 0.1) is 0 Å². The number of aromatic nitrogens is 1. The number of thiazole rings is 1. The minimum Gasteiger partial charge on any atom is -0.455 e. The number of ether oxygens (including phenoxy) is 1. The molecule has 0 bridgehead atoms. The molecule has 4 nitrogen and oxygen atoms in total. The van der Waals surface area contributed by atoms with Gasteiger partial charge < -0.3 is 10.1 Å². The number of nitrogens with one attached hydrogen (secondary N) is 1. The summed E-state index contributed by atoms with van der Waals surface area (Å²) in [7, 11) is 0. The highest BCUT2D eigenvalue weighted by Crippen LogP contribution is 2.35. The Balaban J connectivity index is 1.89. The van der Waals surface area contributed by atoms with Gasteiger partial charge in [-0.25, -0.2) is 4.98 Å². The molecule has 0 aliphatic heterocycles. The molecule has 134 valence electrons. The lowest BCUT2D eigenvalue weighted by atomic mass is 10.2. The molecule has 0 radical (unpaired) electrons. The van der Waals surface area contributed by atoms with Gasteiger partial charge in [-0.05, 0) is 30.3 Å². The lowest BCUT2D eigenvalue weighted by Gasteiger charge is -2.13. The normalized spacial score (nSPS) is 11.2. The molecule has 1 amide bonds. The van der Waals surface area contributed by atoms with E-state index in [0.29, 0.717) is 22.1 Å². The number of halogens is 4. The monoisotopic (exact) mass is 398 g/mol. The van der Waals surface area contributed by atoms with Crippen LogP contribution in [-0.2, 0) is 6.18 Å². The van der Waals surface area contributed by atoms with Crippen molar-refractivity contribution in [2.75, 3.05) is 5.32 Å². The molecule has 3 rings (SSSR count). The van der Waals surface area contributed by atoms with Crippen LogP contribution >= 0.6 is 22.9 Å². The van der Waals surface area contributed by atoms with Crippen molar-refractivity contribution < 1.29 is 22.7 Å². The molecular weight excluding hydrogens is 389 g/mol. The van der Waals surface area contributed by atoms with Crippen molar-refractivity contribution in [1.29, 1.82) is 0 Å². The van der Waals surface area contributed by atoms with Gasteiger partial charge in [-0.3, -0.25) is 4.79 Å². The van der Waals surface area contributed by atoms with E-state index >= 15 is 0 Å². The van der Waals surface area contributed by atoms with Gasteiger partial charge in [0.1, 0.15) is 10.6 Å². The molecule has 1 heterocycles. The summed E-state index contributed by atoms with van der Waals surface area (Å²) in [5.41, 5.74) is -0.114. The van der Waals surface area contributed by atoms with E-state index < -0.39 is 22.7 Å². The second kappa shape index (κ2) is 7.35. The van der Waals surface area contributed by atoms with Gasteiger partial charge >= 0.3 is 6.18 Å². The second-order valence-corrected chi connectivity index (χ2v) is 6.33. The number of rotatable bonds is 4. The van der Waals surface area contributed by atoms with Crippen LogP contribution in [0.3, 0.4) is 0 Å². The van der Waals surface area contributed by atoms with E-state index in [1.54, 1.807) is 36.4 Å². The van der Waals surface area contributed by atoms with E-state index in [4.69, 9.17) is 16.3 Å². The highest BCUT2D eigenvalue weighted by atomic mass is 35.5. The summed E-state index contributed by atoms with van der Waals surface area (Å²) in [6.07, 6.45) is -4.72. The quantitative estimate of drug-likeness (QED) is 0.598. The number of anilines is 1. The van der Waals surface area contributed by atoms with E-state index in [0.717, 1.165) is 5.51 Å². The number of carbonyl (C=O) groups excluding carboxylic acids is 1. The van der Waals surface area contributed by atoms with Crippen LogP contribution < -0.4 is 10.1 Å². The number of carbonyl (C=O) groups is 1. The fourth-order valence-electron chi connectivity index (χ4n) is 2.09. The zero-order valence-electron chi connectivity index (χ0n) is 12.9. The standard InChI is InChI=1S/C17H10ClF3N2O2S/c18-10-6-7-13(25-11-4-2-1-3-5-11)12(8-10)23-16(24)14-15(17(19,20)21)22-9-26-14/h1-9H,(H,23,24). The minimum absolute atomic E-state index is 0.146. The van der Waals surface area contributed by atoms with E-state index in [9.17, 15) is 18.0 Å². The predicted octanol–water partition coefficient (Wildman–Crippen LogP) is 5.86. The minimum atomic E-state index is -4.72. The largest absolute Gasteiger partial charge is 0.455 e. The molecule has 0 aliphatic rings. The molecule has 3 aromatic rings. The van der Waals surface area contributed by atoms with Gasteiger partial charge in [-0.2, -0.15) is 13.2 Å². The van der Waals surface area contributed by atoms with Gasteiger partial charge in [-0.1, -0.05) is 29.8 Å². The van der Waals surface area contributed by atoms with Crippen LogP contribution in [0.15, 0.2) is 54.0 Å². The van der Waals surface area contributed by atoms with Gasteiger partial charge in [0.05, 0.1) is 11.2 Å². The van der Waals surface area contributed by atoms with Crippen molar-refractivity contribution in [3.63, 3.8) is 0 Å². The number of benzene rings is 2. The average Bonchev–Trinajstić information content (AvgIpc) is 3.08. The molecule has 0 aliphatic carbocycles. The van der Waals surface area contributed by atoms with Crippen molar-refractivity contribution in [3.8, 4) is 11.5 Å². The smallest absolute Gasteiger partial charge is 0.434 e. The van der Waals surface area contributed by atoms with Crippen molar-refractivity contribution >= 4 is 34.5 Å². The fraction of sp³-hybridized carbons (Fsp3) is 0.0588. The van der Waals surface area contributed by atoms with E-state index in [2.05, 4.69) is 10.3 Å². The molecule has 1 N–H and O–H groups in total. The first-order chi connectivity index (χ1) is 12.3. The van der Waals surface area contributed by atoms with Crippen molar-refractivity contribution in [2.45, 2.75) is 6.18 Å². The highest BCUT2D eigenvalue weighted by Gasteiger charge is 2.38. The highest BCUT2D eigenvalue weighted by molar-refractivity contribution is 7.12. The van der Waals surface area contributed by atoms with Gasteiger partial charge in [0.15, 0.2) is 11.4 Å². The molecular formula is C17H10ClF3N2O2S.